The molecule has 2 aliphatic rings. The first-order chi connectivity index (χ1) is 8.83. The smallest absolute Gasteiger partial charge is 0.0661 e. The van der Waals surface area contributed by atoms with Crippen molar-refractivity contribution >= 4 is 0 Å². The fourth-order valence-corrected chi connectivity index (χ4v) is 3.90. The summed E-state index contributed by atoms with van der Waals surface area (Å²) >= 11 is 0. The molecule has 1 spiro atoms. The van der Waals surface area contributed by atoms with Gasteiger partial charge in [0.1, 0.15) is 0 Å². The summed E-state index contributed by atoms with van der Waals surface area (Å²) in [6.45, 7) is 6.60. The number of ether oxygens (including phenoxy) is 1. The van der Waals surface area contributed by atoms with Crippen LogP contribution in [0.1, 0.15) is 71.6 Å². The molecule has 1 N–H and O–H groups in total. The van der Waals surface area contributed by atoms with Crippen molar-refractivity contribution < 1.29 is 4.74 Å². The number of nitrogens with one attached hydrogen (secondary N) is 1. The Kier molecular flexibility index (Phi) is 5.50. The second-order valence-electron chi connectivity index (χ2n) is 6.25. The molecule has 0 amide bonds. The van der Waals surface area contributed by atoms with Crippen molar-refractivity contribution in [2.24, 2.45) is 5.41 Å². The van der Waals surface area contributed by atoms with Crippen molar-refractivity contribution in [2.45, 2.75) is 83.8 Å². The Hall–Kier alpha value is -0.0800. The van der Waals surface area contributed by atoms with Crippen molar-refractivity contribution in [3.63, 3.8) is 0 Å². The third-order valence-corrected chi connectivity index (χ3v) is 4.98. The maximum Gasteiger partial charge on any atom is 0.0661 e. The normalized spacial score (nSPS) is 31.0. The molecular formula is C16H31NO. The van der Waals surface area contributed by atoms with Gasteiger partial charge in [0.15, 0.2) is 0 Å². The Morgan fingerprint density at radius 1 is 1.06 bits per heavy atom. The van der Waals surface area contributed by atoms with E-state index in [1.54, 1.807) is 0 Å². The molecule has 2 unspecified atom stereocenters. The van der Waals surface area contributed by atoms with Crippen LogP contribution in [0.5, 0.6) is 0 Å². The maximum atomic E-state index is 6.15. The van der Waals surface area contributed by atoms with Gasteiger partial charge < -0.3 is 10.1 Å². The van der Waals surface area contributed by atoms with E-state index in [-0.39, 0.29) is 0 Å². The van der Waals surface area contributed by atoms with Gasteiger partial charge in [-0.15, -0.1) is 0 Å². The van der Waals surface area contributed by atoms with E-state index < -0.39 is 0 Å². The summed E-state index contributed by atoms with van der Waals surface area (Å²) < 4.78 is 6.15. The first-order valence-electron chi connectivity index (χ1n) is 8.18. The lowest BCUT2D eigenvalue weighted by Gasteiger charge is -2.56. The van der Waals surface area contributed by atoms with Gasteiger partial charge in [0.2, 0.25) is 0 Å². The van der Waals surface area contributed by atoms with Gasteiger partial charge in [-0.1, -0.05) is 39.5 Å². The summed E-state index contributed by atoms with van der Waals surface area (Å²) in [7, 11) is 0. The standard InChI is InChI=1S/C16H31NO/c1-3-11-17-14-13-15(18-12-4-2)16(14)9-7-5-6-8-10-16/h14-15,17H,3-13H2,1-2H3. The fourth-order valence-electron chi connectivity index (χ4n) is 3.90. The minimum atomic E-state index is 0.487. The summed E-state index contributed by atoms with van der Waals surface area (Å²) in [5.74, 6) is 0. The zero-order chi connectivity index (χ0) is 12.8. The molecular weight excluding hydrogens is 222 g/mol. The van der Waals surface area contributed by atoms with E-state index in [0.29, 0.717) is 11.5 Å². The molecule has 2 aliphatic carbocycles. The van der Waals surface area contributed by atoms with Crippen molar-refractivity contribution in [3.05, 3.63) is 0 Å². The van der Waals surface area contributed by atoms with Crippen LogP contribution in [-0.2, 0) is 4.74 Å². The maximum absolute atomic E-state index is 6.15. The Labute approximate surface area is 113 Å². The highest BCUT2D eigenvalue weighted by molar-refractivity contribution is 5.08. The first kappa shape index (κ1) is 14.3. The van der Waals surface area contributed by atoms with Crippen LogP contribution in [-0.4, -0.2) is 25.3 Å². The van der Waals surface area contributed by atoms with Gasteiger partial charge in [0.05, 0.1) is 6.10 Å². The zero-order valence-corrected chi connectivity index (χ0v) is 12.3. The van der Waals surface area contributed by atoms with Crippen LogP contribution in [0.25, 0.3) is 0 Å². The van der Waals surface area contributed by atoms with E-state index in [1.807, 2.05) is 0 Å². The first-order valence-corrected chi connectivity index (χ1v) is 8.18. The van der Waals surface area contributed by atoms with Crippen LogP contribution < -0.4 is 5.32 Å². The summed E-state index contributed by atoms with van der Waals surface area (Å²) in [5, 5.41) is 3.78. The van der Waals surface area contributed by atoms with Crippen LogP contribution in [0.4, 0.5) is 0 Å². The SMILES string of the molecule is CCCNC1CC(OCCC)C12CCCCCC2. The molecule has 0 radical (unpaired) electrons. The van der Waals surface area contributed by atoms with Gasteiger partial charge in [-0.2, -0.15) is 0 Å². The van der Waals surface area contributed by atoms with Gasteiger partial charge in [-0.25, -0.2) is 0 Å². The lowest BCUT2D eigenvalue weighted by atomic mass is 9.57. The molecule has 2 heteroatoms. The molecule has 0 saturated heterocycles. The minimum Gasteiger partial charge on any atom is -0.378 e. The van der Waals surface area contributed by atoms with Crippen LogP contribution in [0.15, 0.2) is 0 Å². The molecule has 106 valence electrons. The number of hydrogen-bond donors (Lipinski definition) is 1. The van der Waals surface area contributed by atoms with Crippen LogP contribution >= 0.6 is 0 Å². The highest BCUT2D eigenvalue weighted by atomic mass is 16.5. The van der Waals surface area contributed by atoms with E-state index in [1.165, 1.54) is 57.9 Å². The Morgan fingerprint density at radius 2 is 1.78 bits per heavy atom. The summed E-state index contributed by atoms with van der Waals surface area (Å²) in [6.07, 6.45) is 12.7. The van der Waals surface area contributed by atoms with Crippen LogP contribution in [0.3, 0.4) is 0 Å². The molecule has 0 aromatic rings. The molecule has 2 atom stereocenters. The number of rotatable bonds is 6. The Bertz CT molecular complexity index is 217. The minimum absolute atomic E-state index is 0.487. The molecule has 0 aromatic heterocycles. The van der Waals surface area contributed by atoms with E-state index in [2.05, 4.69) is 19.2 Å². The molecule has 2 rings (SSSR count). The zero-order valence-electron chi connectivity index (χ0n) is 12.3. The largest absolute Gasteiger partial charge is 0.378 e. The molecule has 0 heterocycles. The van der Waals surface area contributed by atoms with Gasteiger partial charge in [0, 0.05) is 18.1 Å². The van der Waals surface area contributed by atoms with Crippen LogP contribution in [0.2, 0.25) is 0 Å². The third kappa shape index (κ3) is 2.91. The van der Waals surface area contributed by atoms with Gasteiger partial charge >= 0.3 is 0 Å². The third-order valence-electron chi connectivity index (χ3n) is 4.98. The molecule has 18 heavy (non-hydrogen) atoms. The molecule has 0 aliphatic heterocycles. The van der Waals surface area contributed by atoms with E-state index in [0.717, 1.165) is 19.1 Å². The average molecular weight is 253 g/mol. The van der Waals surface area contributed by atoms with Gasteiger partial charge in [0.25, 0.3) is 0 Å². The highest BCUT2D eigenvalue weighted by Crippen LogP contribution is 2.52. The van der Waals surface area contributed by atoms with Gasteiger partial charge in [-0.3, -0.25) is 0 Å². The predicted molar refractivity (Wildman–Crippen MR) is 76.9 cm³/mol. The lowest BCUT2D eigenvalue weighted by molar-refractivity contribution is -0.143. The topological polar surface area (TPSA) is 21.3 Å². The van der Waals surface area contributed by atoms with Crippen molar-refractivity contribution in [3.8, 4) is 0 Å². The summed E-state index contributed by atoms with van der Waals surface area (Å²) in [4.78, 5) is 0. The van der Waals surface area contributed by atoms with Gasteiger partial charge in [-0.05, 0) is 38.6 Å². The summed E-state index contributed by atoms with van der Waals surface area (Å²) in [6, 6.07) is 0.734. The quantitative estimate of drug-likeness (QED) is 0.775. The number of hydrogen-bond acceptors (Lipinski definition) is 2. The monoisotopic (exact) mass is 253 g/mol. The van der Waals surface area contributed by atoms with E-state index in [4.69, 9.17) is 4.74 Å². The molecule has 2 saturated carbocycles. The predicted octanol–water partition coefficient (Wildman–Crippen LogP) is 3.89. The fraction of sp³-hybridized carbons (Fsp3) is 1.00. The molecule has 2 nitrogen and oxygen atoms in total. The lowest BCUT2D eigenvalue weighted by Crippen LogP contribution is -2.63. The average Bonchev–Trinajstić information content (AvgIpc) is 2.65. The van der Waals surface area contributed by atoms with Crippen molar-refractivity contribution in [2.75, 3.05) is 13.2 Å². The summed E-state index contributed by atoms with van der Waals surface area (Å²) in [5.41, 5.74) is 0.487. The second kappa shape index (κ2) is 6.91. The van der Waals surface area contributed by atoms with Crippen molar-refractivity contribution in [1.29, 1.82) is 0 Å². The molecule has 0 aromatic carbocycles. The highest BCUT2D eigenvalue weighted by Gasteiger charge is 2.54. The Morgan fingerprint density at radius 3 is 2.39 bits per heavy atom. The molecule has 0 bridgehead atoms. The van der Waals surface area contributed by atoms with Crippen LogP contribution in [0, 0.1) is 5.41 Å². The van der Waals surface area contributed by atoms with E-state index in [9.17, 15) is 0 Å². The second-order valence-corrected chi connectivity index (χ2v) is 6.25. The van der Waals surface area contributed by atoms with Crippen molar-refractivity contribution in [1.82, 2.24) is 5.32 Å². The van der Waals surface area contributed by atoms with E-state index >= 15 is 0 Å². The molecule has 2 fully saturated rings. The Balaban J connectivity index is 1.96.